The highest BCUT2D eigenvalue weighted by atomic mass is 35.5. The molecule has 1 aromatic carbocycles. The molecule has 1 aromatic rings. The largest absolute Gasteiger partial charge is 0.482 e. The van der Waals surface area contributed by atoms with Crippen LogP contribution >= 0.6 is 11.6 Å². The summed E-state index contributed by atoms with van der Waals surface area (Å²) < 4.78 is 63.4. The molecule has 0 heterocycles. The van der Waals surface area contributed by atoms with Gasteiger partial charge in [0.1, 0.15) is 0 Å². The highest BCUT2D eigenvalue weighted by Gasteiger charge is 2.59. The third-order valence-corrected chi connectivity index (χ3v) is 2.35. The molecule has 0 saturated heterocycles. The van der Waals surface area contributed by atoms with Gasteiger partial charge in [-0.3, -0.25) is 0 Å². The summed E-state index contributed by atoms with van der Waals surface area (Å²) in [6.07, 6.45) is -10.8. The second-order valence-electron chi connectivity index (χ2n) is 3.67. The number of benzene rings is 1. The normalized spacial score (nSPS) is 12.7. The van der Waals surface area contributed by atoms with Crippen molar-refractivity contribution in [2.45, 2.75) is 18.8 Å². The Morgan fingerprint density at radius 1 is 1.16 bits per heavy atom. The molecule has 1 rings (SSSR count). The Balaban J connectivity index is 2.25. The van der Waals surface area contributed by atoms with Crippen LogP contribution in [0.5, 0.6) is 0 Å². The number of alkyl halides is 5. The molecule has 19 heavy (non-hydrogen) atoms. The van der Waals surface area contributed by atoms with E-state index in [1.165, 1.54) is 0 Å². The Bertz CT molecular complexity index is 410. The van der Waals surface area contributed by atoms with E-state index in [0.717, 1.165) is 5.56 Å². The minimum Gasteiger partial charge on any atom is -0.312 e. The minimum absolute atomic E-state index is 0.141. The van der Waals surface area contributed by atoms with E-state index in [2.05, 4.69) is 10.1 Å². The van der Waals surface area contributed by atoms with Crippen LogP contribution in [0.1, 0.15) is 5.56 Å². The molecular formula is C11H11ClF5NO. The van der Waals surface area contributed by atoms with E-state index < -0.39 is 18.9 Å². The lowest BCUT2D eigenvalue weighted by Gasteiger charge is -2.19. The van der Waals surface area contributed by atoms with Crippen LogP contribution in [0.2, 0.25) is 5.02 Å². The highest BCUT2D eigenvalue weighted by Crippen LogP contribution is 2.35. The van der Waals surface area contributed by atoms with Crippen LogP contribution in [-0.4, -0.2) is 25.4 Å². The number of rotatable bonds is 6. The first-order chi connectivity index (χ1) is 8.72. The van der Waals surface area contributed by atoms with Gasteiger partial charge in [-0.1, -0.05) is 23.7 Å². The second kappa shape index (κ2) is 6.49. The predicted octanol–water partition coefficient (Wildman–Crippen LogP) is 3.60. The Kier molecular flexibility index (Phi) is 5.51. The van der Waals surface area contributed by atoms with E-state index >= 15 is 0 Å². The standard InChI is InChI=1S/C11H11ClF5NO/c12-9-3-1-2-8(6-9)7-18-4-5-19-11(16,17)10(13,14)15/h1-3,6,18H,4-5,7H2. The van der Waals surface area contributed by atoms with Gasteiger partial charge >= 0.3 is 12.3 Å². The molecule has 0 aromatic heterocycles. The molecule has 0 aliphatic rings. The lowest BCUT2D eigenvalue weighted by atomic mass is 10.2. The van der Waals surface area contributed by atoms with Gasteiger partial charge in [-0.2, -0.15) is 22.0 Å². The number of hydrogen-bond donors (Lipinski definition) is 1. The summed E-state index contributed by atoms with van der Waals surface area (Å²) in [6.45, 7) is -0.604. The molecule has 0 amide bonds. The zero-order valence-corrected chi connectivity index (χ0v) is 10.4. The first-order valence-corrected chi connectivity index (χ1v) is 5.64. The van der Waals surface area contributed by atoms with Gasteiger partial charge in [0.25, 0.3) is 0 Å². The van der Waals surface area contributed by atoms with Gasteiger partial charge in [0.05, 0.1) is 6.61 Å². The van der Waals surface area contributed by atoms with Crippen molar-refractivity contribution in [3.8, 4) is 0 Å². The zero-order valence-electron chi connectivity index (χ0n) is 9.61. The summed E-state index contributed by atoms with van der Waals surface area (Å²) in [5, 5.41) is 3.18. The predicted molar refractivity (Wildman–Crippen MR) is 60.1 cm³/mol. The molecule has 0 radical (unpaired) electrons. The van der Waals surface area contributed by atoms with Crippen molar-refractivity contribution in [2.75, 3.05) is 13.2 Å². The van der Waals surface area contributed by atoms with Crippen LogP contribution in [0, 0.1) is 0 Å². The highest BCUT2D eigenvalue weighted by molar-refractivity contribution is 6.30. The van der Waals surface area contributed by atoms with Crippen molar-refractivity contribution >= 4 is 11.6 Å². The molecule has 0 spiro atoms. The molecule has 108 valence electrons. The van der Waals surface area contributed by atoms with E-state index in [9.17, 15) is 22.0 Å². The monoisotopic (exact) mass is 303 g/mol. The van der Waals surface area contributed by atoms with E-state index in [0.29, 0.717) is 11.6 Å². The molecule has 0 atom stereocenters. The third kappa shape index (κ3) is 5.30. The summed E-state index contributed by atoms with van der Waals surface area (Å²) in [5.74, 6) is 0. The molecule has 2 nitrogen and oxygen atoms in total. The summed E-state index contributed by atoms with van der Waals surface area (Å²) in [6, 6.07) is 6.76. The number of hydrogen-bond acceptors (Lipinski definition) is 2. The second-order valence-corrected chi connectivity index (χ2v) is 4.11. The first-order valence-electron chi connectivity index (χ1n) is 5.26. The summed E-state index contributed by atoms with van der Waals surface area (Å²) in [4.78, 5) is 0. The Labute approximate surface area is 111 Å². The molecular weight excluding hydrogens is 293 g/mol. The van der Waals surface area contributed by atoms with Crippen molar-refractivity contribution in [1.82, 2.24) is 5.32 Å². The quantitative estimate of drug-likeness (QED) is 0.640. The summed E-state index contributed by atoms with van der Waals surface area (Å²) in [5.41, 5.74) is 0.787. The fourth-order valence-corrected chi connectivity index (χ4v) is 1.43. The van der Waals surface area contributed by atoms with Crippen LogP contribution in [0.15, 0.2) is 24.3 Å². The van der Waals surface area contributed by atoms with Gasteiger partial charge in [-0.15, -0.1) is 0 Å². The molecule has 0 aliphatic heterocycles. The molecule has 0 bridgehead atoms. The fourth-order valence-electron chi connectivity index (χ4n) is 1.21. The van der Waals surface area contributed by atoms with Crippen molar-refractivity contribution in [3.63, 3.8) is 0 Å². The smallest absolute Gasteiger partial charge is 0.312 e. The maximum Gasteiger partial charge on any atom is 0.482 e. The van der Waals surface area contributed by atoms with Crippen LogP contribution in [-0.2, 0) is 11.3 Å². The first kappa shape index (κ1) is 16.1. The molecule has 0 aliphatic carbocycles. The van der Waals surface area contributed by atoms with Crippen LogP contribution in [0.25, 0.3) is 0 Å². The van der Waals surface area contributed by atoms with Gasteiger partial charge < -0.3 is 10.1 Å². The molecule has 0 unspecified atom stereocenters. The van der Waals surface area contributed by atoms with Crippen LogP contribution < -0.4 is 5.32 Å². The average Bonchev–Trinajstić information content (AvgIpc) is 2.27. The van der Waals surface area contributed by atoms with Crippen LogP contribution in [0.4, 0.5) is 22.0 Å². The van der Waals surface area contributed by atoms with E-state index in [1.807, 2.05) is 0 Å². The van der Waals surface area contributed by atoms with Crippen molar-refractivity contribution in [1.29, 1.82) is 0 Å². The SMILES string of the molecule is FC(F)(F)C(F)(F)OCCNCc1cccc(Cl)c1. The lowest BCUT2D eigenvalue weighted by molar-refractivity contribution is -0.390. The summed E-state index contributed by atoms with van der Waals surface area (Å²) >= 11 is 5.72. The van der Waals surface area contributed by atoms with Gasteiger partial charge in [0.15, 0.2) is 0 Å². The maximum atomic E-state index is 12.3. The Morgan fingerprint density at radius 2 is 1.84 bits per heavy atom. The topological polar surface area (TPSA) is 21.3 Å². The van der Waals surface area contributed by atoms with E-state index in [1.54, 1.807) is 24.3 Å². The number of ether oxygens (including phenoxy) is 1. The van der Waals surface area contributed by atoms with Gasteiger partial charge in [0.2, 0.25) is 0 Å². The van der Waals surface area contributed by atoms with Crippen molar-refractivity contribution < 1.29 is 26.7 Å². The average molecular weight is 304 g/mol. The van der Waals surface area contributed by atoms with Gasteiger partial charge in [0, 0.05) is 18.1 Å². The fraction of sp³-hybridized carbons (Fsp3) is 0.455. The Morgan fingerprint density at radius 3 is 2.42 bits per heavy atom. The molecule has 0 fully saturated rings. The number of nitrogens with one attached hydrogen (secondary N) is 1. The zero-order chi connectivity index (χ0) is 14.5. The number of halogens is 6. The van der Waals surface area contributed by atoms with Crippen molar-refractivity contribution in [2.24, 2.45) is 0 Å². The van der Waals surface area contributed by atoms with Gasteiger partial charge in [-0.05, 0) is 17.7 Å². The molecule has 8 heteroatoms. The Hall–Kier alpha value is -0.920. The van der Waals surface area contributed by atoms with E-state index in [4.69, 9.17) is 11.6 Å². The molecule has 0 saturated carbocycles. The van der Waals surface area contributed by atoms with E-state index in [-0.39, 0.29) is 6.54 Å². The lowest BCUT2D eigenvalue weighted by Crippen LogP contribution is -2.40. The van der Waals surface area contributed by atoms with Crippen LogP contribution in [0.3, 0.4) is 0 Å². The minimum atomic E-state index is -5.69. The molecule has 1 N–H and O–H groups in total. The third-order valence-electron chi connectivity index (χ3n) is 2.11. The summed E-state index contributed by atoms with van der Waals surface area (Å²) in [7, 11) is 0. The maximum absolute atomic E-state index is 12.3. The van der Waals surface area contributed by atoms with Crippen molar-refractivity contribution in [3.05, 3.63) is 34.9 Å². The van der Waals surface area contributed by atoms with Gasteiger partial charge in [-0.25, -0.2) is 0 Å².